The molecule has 137 heavy (non-hydrogen) atoms. The third-order valence-corrected chi connectivity index (χ3v) is 21.9. The molecule has 0 saturated carbocycles. The van der Waals surface area contributed by atoms with Gasteiger partial charge < -0.3 is 66.3 Å². The van der Waals surface area contributed by atoms with Gasteiger partial charge in [0.25, 0.3) is 31.5 Å². The molecular weight excluding hydrogens is 1700 g/mol. The van der Waals surface area contributed by atoms with E-state index in [2.05, 4.69) is 66.7 Å². The molecular formula is C123H102O14. The van der Waals surface area contributed by atoms with Crippen LogP contribution in [0.25, 0.3) is 54.6 Å². The highest BCUT2D eigenvalue weighted by Gasteiger charge is 2.27. The Morgan fingerprint density at radius 3 is 0.861 bits per heavy atom. The Hall–Kier alpha value is -17.6. The van der Waals surface area contributed by atoms with Gasteiger partial charge >= 0.3 is 0 Å². The molecule has 0 aromatic heterocycles. The van der Waals surface area contributed by atoms with Crippen LogP contribution in [-0.2, 0) is 0 Å². The fraction of sp³-hybridized carbons (Fsp3) is 0.0732. The van der Waals surface area contributed by atoms with Crippen molar-refractivity contribution in [3.8, 4) is 103 Å². The molecule has 0 saturated heterocycles. The van der Waals surface area contributed by atoms with Crippen LogP contribution >= 0.6 is 0 Å². The van der Waals surface area contributed by atoms with E-state index in [1.165, 1.54) is 5.39 Å². The summed E-state index contributed by atoms with van der Waals surface area (Å²) in [7, 11) is 6.70. The minimum absolute atomic E-state index is 0.532. The van der Waals surface area contributed by atoms with Crippen molar-refractivity contribution < 1.29 is 66.3 Å². The number of hydrogen-bond donors (Lipinski definition) is 0. The van der Waals surface area contributed by atoms with E-state index < -0.39 is 31.5 Å². The van der Waals surface area contributed by atoms with E-state index in [1.54, 1.807) is 28.4 Å². The number of hydrogen-bond acceptors (Lipinski definition) is 14. The summed E-state index contributed by atoms with van der Waals surface area (Å²) in [6.45, 7) is 0. The van der Waals surface area contributed by atoms with Crippen molar-refractivity contribution in [2.24, 2.45) is 0 Å². The van der Waals surface area contributed by atoms with E-state index >= 15 is 0 Å². The molecule has 0 bridgehead atoms. The van der Waals surface area contributed by atoms with E-state index in [0.717, 1.165) is 157 Å². The van der Waals surface area contributed by atoms with Crippen molar-refractivity contribution in [3.05, 3.63) is 543 Å². The lowest BCUT2D eigenvalue weighted by Crippen LogP contribution is -2.16. The molecule has 0 radical (unpaired) electrons. The zero-order valence-corrected chi connectivity index (χ0v) is 76.2. The van der Waals surface area contributed by atoms with Crippen LogP contribution in [-0.4, -0.2) is 28.4 Å². The average Bonchev–Trinajstić information content (AvgIpc) is 0.785. The van der Waals surface area contributed by atoms with E-state index in [-0.39, 0.29) is 0 Å². The molecule has 20 aromatic rings. The average molecular weight is 1800 g/mol. The molecule has 0 N–H and O–H groups in total. The van der Waals surface area contributed by atoms with E-state index in [4.69, 9.17) is 66.3 Å². The zero-order valence-electron chi connectivity index (χ0n) is 76.2. The molecule has 0 heterocycles. The molecule has 0 aliphatic rings. The SMILES string of the molecule is COc1ccc(C(Oc2ccccc2)Oc2ccccc2)c2ccccc12.COc1ccc2ccccc2c1C(Oc1ccccc1)Oc1ccccc1.COc1cccc(-c2cccc(C(Oc3ccccc3)Oc3ccccc3)c2)c1.COc1ccccc1-c1ccccc1C(Oc1ccccc1)Oc1ccccc1.c1ccc(OC(Oc2ccccc2)c2cccc3ccccc23)cc1. The number of ether oxygens (including phenoxy) is 14. The highest BCUT2D eigenvalue weighted by atomic mass is 16.7. The van der Waals surface area contributed by atoms with Crippen molar-refractivity contribution in [2.75, 3.05) is 28.4 Å². The highest BCUT2D eigenvalue weighted by molar-refractivity contribution is 5.92. The molecule has 0 spiro atoms. The van der Waals surface area contributed by atoms with Gasteiger partial charge in [0.1, 0.15) is 80.5 Å². The minimum Gasteiger partial charge on any atom is -0.497 e. The monoisotopic (exact) mass is 1800 g/mol. The summed E-state index contributed by atoms with van der Waals surface area (Å²) in [6, 6.07) is 168. The first kappa shape index (κ1) is 92.6. The smallest absolute Gasteiger partial charge is 0.271 e. The highest BCUT2D eigenvalue weighted by Crippen LogP contribution is 2.42. The number of fused-ring (bicyclic) bond motifs is 3. The predicted molar refractivity (Wildman–Crippen MR) is 546 cm³/mol. The Balaban J connectivity index is 0.000000124. The largest absolute Gasteiger partial charge is 0.497 e. The van der Waals surface area contributed by atoms with E-state index in [9.17, 15) is 0 Å². The Labute approximate surface area is 799 Å². The Morgan fingerprint density at radius 1 is 0.153 bits per heavy atom. The van der Waals surface area contributed by atoms with Crippen LogP contribution in [0.15, 0.2) is 516 Å². The second kappa shape index (κ2) is 48.5. The summed E-state index contributed by atoms with van der Waals surface area (Å²) in [4.78, 5) is 0. The standard InChI is InChI=1S/2C26H22O3.2C24H20O3.C23H18O2/c1-27-25-17-9-11-21(19-25)20-10-8-12-22(18-20)26(28-23-13-4-2-5-14-23)29-24-15-6-3-7-16-24;1-27-25-19-11-10-17-23(25)22-16-8-9-18-24(22)26(28-20-12-4-2-5-13-20)29-21-14-6-3-7-15-21;1-25-22-17-16-18-10-8-9-15-21(18)23(22)24(26-19-11-4-2-5-12-19)27-20-13-6-3-7-14-20;1-25-23-17-16-22(20-14-8-9-15-21(20)23)24(26-18-10-4-2-5-11-18)27-19-12-6-3-7-13-19;1-3-12-19(13-4-1)24-23(25-20-14-5-2-6-15-20)22-17-9-11-18-10-7-8-16-21(18)22/h2*2-19,26H,1H3;2*2-17,24H,1H3;1-17,23H. The molecule has 0 aliphatic heterocycles. The second-order valence-corrected chi connectivity index (χ2v) is 31.0. The van der Waals surface area contributed by atoms with Crippen LogP contribution in [0.2, 0.25) is 0 Å². The fourth-order valence-electron chi connectivity index (χ4n) is 15.3. The van der Waals surface area contributed by atoms with Crippen molar-refractivity contribution in [1.29, 1.82) is 0 Å². The second-order valence-electron chi connectivity index (χ2n) is 31.0. The van der Waals surface area contributed by atoms with Crippen molar-refractivity contribution in [1.82, 2.24) is 0 Å². The maximum atomic E-state index is 6.28. The Morgan fingerprint density at radius 2 is 0.438 bits per heavy atom. The summed E-state index contributed by atoms with van der Waals surface area (Å²) >= 11 is 0. The number of rotatable bonds is 31. The van der Waals surface area contributed by atoms with Gasteiger partial charge in [0.2, 0.25) is 0 Å². The third-order valence-electron chi connectivity index (χ3n) is 21.9. The fourth-order valence-corrected chi connectivity index (χ4v) is 15.3. The van der Waals surface area contributed by atoms with E-state index in [0.29, 0.717) is 0 Å². The van der Waals surface area contributed by atoms with Crippen molar-refractivity contribution in [3.63, 3.8) is 0 Å². The van der Waals surface area contributed by atoms with Crippen molar-refractivity contribution in [2.45, 2.75) is 31.5 Å². The van der Waals surface area contributed by atoms with Gasteiger partial charge in [-0.1, -0.05) is 352 Å². The first-order valence-corrected chi connectivity index (χ1v) is 45.0. The third kappa shape index (κ3) is 25.8. The van der Waals surface area contributed by atoms with E-state index in [1.807, 2.05) is 449 Å². The van der Waals surface area contributed by atoms with Crippen molar-refractivity contribution >= 4 is 32.3 Å². The molecule has 20 aromatic carbocycles. The van der Waals surface area contributed by atoms with Gasteiger partial charge in [0.15, 0.2) is 0 Å². The van der Waals surface area contributed by atoms with Gasteiger partial charge in [-0.2, -0.15) is 0 Å². The summed E-state index contributed by atoms with van der Waals surface area (Å²) in [6.07, 6.45) is -2.98. The Bertz CT molecular complexity index is 6820. The predicted octanol–water partition coefficient (Wildman–Crippen LogP) is 31.0. The van der Waals surface area contributed by atoms with Gasteiger partial charge in [0, 0.05) is 33.2 Å². The molecule has 0 fully saturated rings. The first-order chi connectivity index (χ1) is 67.8. The quantitative estimate of drug-likeness (QED) is 0.0382. The number of para-hydroxylation sites is 11. The summed E-state index contributed by atoms with van der Waals surface area (Å²) < 4.78 is 84.4. The molecule has 14 heteroatoms. The molecule has 20 rings (SSSR count). The van der Waals surface area contributed by atoms with Gasteiger partial charge in [-0.15, -0.1) is 0 Å². The van der Waals surface area contributed by atoms with Gasteiger partial charge in [-0.25, -0.2) is 0 Å². The zero-order chi connectivity index (χ0) is 93.6. The van der Waals surface area contributed by atoms with Gasteiger partial charge in [-0.05, 0) is 207 Å². The minimum atomic E-state index is -0.657. The Kier molecular flexibility index (Phi) is 32.8. The number of methoxy groups -OCH3 is 4. The maximum Gasteiger partial charge on any atom is 0.271 e. The summed E-state index contributed by atoms with van der Waals surface area (Å²) in [5, 5.41) is 6.49. The molecule has 0 atom stereocenters. The topological polar surface area (TPSA) is 129 Å². The van der Waals surface area contributed by atoms with Crippen LogP contribution < -0.4 is 66.3 Å². The summed E-state index contributed by atoms with van der Waals surface area (Å²) in [5.41, 5.74) is 8.80. The maximum absolute atomic E-state index is 6.28. The molecule has 0 amide bonds. The van der Waals surface area contributed by atoms with Crippen LogP contribution in [0.4, 0.5) is 0 Å². The number of benzene rings is 20. The first-order valence-electron chi connectivity index (χ1n) is 45.0. The lowest BCUT2D eigenvalue weighted by molar-refractivity contribution is 0.00316. The van der Waals surface area contributed by atoms with Crippen LogP contribution in [0.1, 0.15) is 59.3 Å². The normalized spacial score (nSPS) is 10.7. The van der Waals surface area contributed by atoms with Crippen LogP contribution in [0.5, 0.6) is 80.5 Å². The van der Waals surface area contributed by atoms with Gasteiger partial charge in [0.05, 0.1) is 34.0 Å². The summed E-state index contributed by atoms with van der Waals surface area (Å²) in [5.74, 6) is 10.7. The lowest BCUT2D eigenvalue weighted by Gasteiger charge is -2.24. The van der Waals surface area contributed by atoms with Crippen LogP contribution in [0.3, 0.4) is 0 Å². The molecule has 678 valence electrons. The van der Waals surface area contributed by atoms with Gasteiger partial charge in [-0.3, -0.25) is 0 Å². The molecule has 0 unspecified atom stereocenters. The molecule has 0 aliphatic carbocycles. The van der Waals surface area contributed by atoms with Crippen LogP contribution in [0, 0.1) is 0 Å². The molecule has 14 nitrogen and oxygen atoms in total. The lowest BCUT2D eigenvalue weighted by atomic mass is 9.98.